The summed E-state index contributed by atoms with van der Waals surface area (Å²) in [7, 11) is 0. The third-order valence-electron chi connectivity index (χ3n) is 3.34. The van der Waals surface area contributed by atoms with E-state index in [9.17, 15) is 4.79 Å². The number of para-hydroxylation sites is 1. The number of urea groups is 1. The van der Waals surface area contributed by atoms with Gasteiger partial charge in [-0.05, 0) is 36.2 Å². The van der Waals surface area contributed by atoms with Crippen LogP contribution in [0, 0.1) is 0 Å². The second-order valence-electron chi connectivity index (χ2n) is 4.97. The van der Waals surface area contributed by atoms with Crippen LogP contribution in [0.15, 0.2) is 48.5 Å². The molecule has 1 aliphatic rings. The van der Waals surface area contributed by atoms with Gasteiger partial charge in [-0.15, -0.1) is 0 Å². The number of fused-ring (bicyclic) bond motifs is 1. The Kier molecular flexibility index (Phi) is 4.44. The fourth-order valence-corrected chi connectivity index (χ4v) is 2.26. The average molecular weight is 298 g/mol. The predicted molar refractivity (Wildman–Crippen MR) is 84.6 cm³/mol. The number of carbonyl (C=O) groups excluding carboxylic acids is 1. The normalized spacial score (nSPS) is 12.5. The molecule has 22 heavy (non-hydrogen) atoms. The topological polar surface area (TPSA) is 59.6 Å². The minimum Gasteiger partial charge on any atom is -0.486 e. The number of anilines is 1. The van der Waals surface area contributed by atoms with Crippen molar-refractivity contribution in [3.8, 4) is 11.5 Å². The average Bonchev–Trinajstić information content (AvgIpc) is 2.55. The summed E-state index contributed by atoms with van der Waals surface area (Å²) in [4.78, 5) is 11.8. The molecule has 1 aliphatic heterocycles. The fraction of sp³-hybridized carbons (Fsp3) is 0.235. The zero-order valence-electron chi connectivity index (χ0n) is 12.2. The highest BCUT2D eigenvalue weighted by Gasteiger charge is 2.11. The van der Waals surface area contributed by atoms with Crippen LogP contribution in [-0.4, -0.2) is 25.8 Å². The number of hydrogen-bond acceptors (Lipinski definition) is 3. The number of carbonyl (C=O) groups is 1. The van der Waals surface area contributed by atoms with E-state index >= 15 is 0 Å². The maximum atomic E-state index is 11.8. The summed E-state index contributed by atoms with van der Waals surface area (Å²) < 4.78 is 11.0. The van der Waals surface area contributed by atoms with Gasteiger partial charge < -0.3 is 20.1 Å². The molecule has 0 spiro atoms. The van der Waals surface area contributed by atoms with Crippen molar-refractivity contribution in [2.24, 2.45) is 0 Å². The molecule has 0 unspecified atom stereocenters. The van der Waals surface area contributed by atoms with Crippen molar-refractivity contribution in [3.63, 3.8) is 0 Å². The molecule has 3 rings (SSSR count). The summed E-state index contributed by atoms with van der Waals surface area (Å²) in [5, 5.41) is 5.62. The van der Waals surface area contributed by atoms with E-state index in [0.717, 1.165) is 29.2 Å². The molecule has 0 radical (unpaired) electrons. The molecule has 2 aromatic rings. The van der Waals surface area contributed by atoms with E-state index in [1.165, 1.54) is 0 Å². The molecule has 114 valence electrons. The molecule has 0 aliphatic carbocycles. The molecule has 2 amide bonds. The molecule has 5 nitrogen and oxygen atoms in total. The van der Waals surface area contributed by atoms with Crippen molar-refractivity contribution < 1.29 is 14.3 Å². The third-order valence-corrected chi connectivity index (χ3v) is 3.34. The third kappa shape index (κ3) is 3.69. The van der Waals surface area contributed by atoms with Crippen molar-refractivity contribution >= 4 is 11.7 Å². The Balaban J connectivity index is 1.47. The molecule has 0 saturated carbocycles. The highest BCUT2D eigenvalue weighted by Crippen LogP contribution is 2.30. The maximum absolute atomic E-state index is 11.8. The van der Waals surface area contributed by atoms with Gasteiger partial charge in [0, 0.05) is 12.2 Å². The first-order chi connectivity index (χ1) is 10.8. The Labute approximate surface area is 129 Å². The molecular formula is C17H18N2O3. The van der Waals surface area contributed by atoms with Gasteiger partial charge in [-0.25, -0.2) is 4.79 Å². The van der Waals surface area contributed by atoms with Crippen LogP contribution >= 0.6 is 0 Å². The van der Waals surface area contributed by atoms with Crippen molar-refractivity contribution in [1.82, 2.24) is 5.32 Å². The summed E-state index contributed by atoms with van der Waals surface area (Å²) in [6.45, 7) is 1.72. The zero-order chi connectivity index (χ0) is 15.2. The Morgan fingerprint density at radius 1 is 1.00 bits per heavy atom. The van der Waals surface area contributed by atoms with Gasteiger partial charge in [0.2, 0.25) is 0 Å². The molecule has 0 atom stereocenters. The standard InChI is InChI=1S/C17H18N2O3/c20-17(19-14-4-2-1-3-5-14)18-9-8-13-6-7-15-16(12-13)22-11-10-21-15/h1-7,12H,8-11H2,(H2,18,19,20). The maximum Gasteiger partial charge on any atom is 0.319 e. The van der Waals surface area contributed by atoms with Gasteiger partial charge in [-0.3, -0.25) is 0 Å². The lowest BCUT2D eigenvalue weighted by molar-refractivity contribution is 0.171. The largest absolute Gasteiger partial charge is 0.486 e. The first-order valence-corrected chi connectivity index (χ1v) is 7.30. The predicted octanol–water partition coefficient (Wildman–Crippen LogP) is 2.82. The number of rotatable bonds is 4. The minimum atomic E-state index is -0.205. The fourth-order valence-electron chi connectivity index (χ4n) is 2.26. The van der Waals surface area contributed by atoms with Crippen molar-refractivity contribution in [3.05, 3.63) is 54.1 Å². The smallest absolute Gasteiger partial charge is 0.319 e. The quantitative estimate of drug-likeness (QED) is 0.912. The Hall–Kier alpha value is -2.69. The summed E-state index contributed by atoms with van der Waals surface area (Å²) in [5.41, 5.74) is 1.88. The van der Waals surface area contributed by atoms with Crippen molar-refractivity contribution in [1.29, 1.82) is 0 Å². The van der Waals surface area contributed by atoms with Gasteiger partial charge in [0.1, 0.15) is 13.2 Å². The van der Waals surface area contributed by atoms with Gasteiger partial charge in [0.05, 0.1) is 0 Å². The van der Waals surface area contributed by atoms with Crippen LogP contribution < -0.4 is 20.1 Å². The summed E-state index contributed by atoms with van der Waals surface area (Å²) in [6.07, 6.45) is 0.735. The minimum absolute atomic E-state index is 0.205. The Bertz CT molecular complexity index is 644. The first kappa shape index (κ1) is 14.3. The van der Waals surface area contributed by atoms with Crippen LogP contribution in [0.25, 0.3) is 0 Å². The molecule has 2 aromatic carbocycles. The van der Waals surface area contributed by atoms with Crippen LogP contribution in [-0.2, 0) is 6.42 Å². The first-order valence-electron chi connectivity index (χ1n) is 7.30. The van der Waals surface area contributed by atoms with Crippen LogP contribution in [0.3, 0.4) is 0 Å². The van der Waals surface area contributed by atoms with E-state index in [-0.39, 0.29) is 6.03 Å². The lowest BCUT2D eigenvalue weighted by Gasteiger charge is -2.18. The van der Waals surface area contributed by atoms with Gasteiger partial charge in [-0.1, -0.05) is 24.3 Å². The van der Waals surface area contributed by atoms with E-state index < -0.39 is 0 Å². The van der Waals surface area contributed by atoms with Gasteiger partial charge in [0.25, 0.3) is 0 Å². The molecule has 0 fully saturated rings. The Morgan fingerprint density at radius 2 is 1.77 bits per heavy atom. The monoisotopic (exact) mass is 298 g/mol. The molecule has 2 N–H and O–H groups in total. The van der Waals surface area contributed by atoms with Crippen LogP contribution in [0.2, 0.25) is 0 Å². The molecule has 0 saturated heterocycles. The summed E-state index contributed by atoms with van der Waals surface area (Å²) in [5.74, 6) is 1.56. The highest BCUT2D eigenvalue weighted by atomic mass is 16.6. The molecular weight excluding hydrogens is 280 g/mol. The second kappa shape index (κ2) is 6.85. The van der Waals surface area contributed by atoms with Gasteiger partial charge >= 0.3 is 6.03 Å². The number of nitrogens with one attached hydrogen (secondary N) is 2. The zero-order valence-corrected chi connectivity index (χ0v) is 12.2. The van der Waals surface area contributed by atoms with Gasteiger partial charge in [0.15, 0.2) is 11.5 Å². The lowest BCUT2D eigenvalue weighted by atomic mass is 10.1. The van der Waals surface area contributed by atoms with Crippen molar-refractivity contribution in [2.45, 2.75) is 6.42 Å². The SMILES string of the molecule is O=C(NCCc1ccc2c(c1)OCCO2)Nc1ccccc1. The van der Waals surface area contributed by atoms with E-state index in [2.05, 4.69) is 10.6 Å². The number of hydrogen-bond donors (Lipinski definition) is 2. The number of ether oxygens (including phenoxy) is 2. The molecule has 1 heterocycles. The summed E-state index contributed by atoms with van der Waals surface area (Å²) >= 11 is 0. The van der Waals surface area contributed by atoms with E-state index in [1.807, 2.05) is 48.5 Å². The van der Waals surface area contributed by atoms with Crippen LogP contribution in [0.4, 0.5) is 10.5 Å². The van der Waals surface area contributed by atoms with E-state index in [4.69, 9.17) is 9.47 Å². The highest BCUT2D eigenvalue weighted by molar-refractivity contribution is 5.89. The van der Waals surface area contributed by atoms with Crippen LogP contribution in [0.1, 0.15) is 5.56 Å². The molecule has 5 heteroatoms. The summed E-state index contributed by atoms with van der Waals surface area (Å²) in [6, 6.07) is 15.0. The Morgan fingerprint density at radius 3 is 2.59 bits per heavy atom. The molecule has 0 bridgehead atoms. The van der Waals surface area contributed by atoms with Gasteiger partial charge in [-0.2, -0.15) is 0 Å². The second-order valence-corrected chi connectivity index (χ2v) is 4.97. The number of benzene rings is 2. The molecule has 0 aromatic heterocycles. The van der Waals surface area contributed by atoms with E-state index in [1.54, 1.807) is 0 Å². The van der Waals surface area contributed by atoms with Crippen molar-refractivity contribution in [2.75, 3.05) is 25.1 Å². The lowest BCUT2D eigenvalue weighted by Crippen LogP contribution is -2.30. The van der Waals surface area contributed by atoms with E-state index in [0.29, 0.717) is 19.8 Å². The number of amides is 2. The van der Waals surface area contributed by atoms with Crippen LogP contribution in [0.5, 0.6) is 11.5 Å².